The maximum atomic E-state index is 3.91. The molecule has 0 bridgehead atoms. The average Bonchev–Trinajstić information content (AvgIpc) is 2.18. The lowest BCUT2D eigenvalue weighted by Crippen LogP contribution is -2.40. The smallest absolute Gasteiger partial charge is 0.0161 e. The van der Waals surface area contributed by atoms with E-state index in [-0.39, 0.29) is 0 Å². The fourth-order valence-corrected chi connectivity index (χ4v) is 2.21. The number of hydrogen-bond acceptors (Lipinski definition) is 1. The minimum Gasteiger partial charge on any atom is -0.310 e. The van der Waals surface area contributed by atoms with Gasteiger partial charge in [0.05, 0.1) is 0 Å². The Hall–Kier alpha value is -1.08. The molecule has 1 aliphatic rings. The van der Waals surface area contributed by atoms with Gasteiger partial charge in [0.1, 0.15) is 0 Å². The van der Waals surface area contributed by atoms with E-state index in [1.807, 2.05) is 0 Å². The number of nitrogens with one attached hydrogen (secondary N) is 1. The number of rotatable bonds is 4. The largest absolute Gasteiger partial charge is 0.310 e. The van der Waals surface area contributed by atoms with Gasteiger partial charge in [0, 0.05) is 12.6 Å². The Morgan fingerprint density at radius 1 is 1.31 bits per heavy atom. The summed E-state index contributed by atoms with van der Waals surface area (Å²) in [5.74, 6) is 0.767. The van der Waals surface area contributed by atoms with Crippen molar-refractivity contribution in [2.45, 2.75) is 38.6 Å². The highest BCUT2D eigenvalue weighted by Gasteiger charge is 2.29. The Bertz CT molecular complexity index is 358. The van der Waals surface area contributed by atoms with Gasteiger partial charge in [-0.05, 0) is 38.2 Å². The molecule has 86 valence electrons. The molecule has 0 unspecified atom stereocenters. The standard InChI is InChI=1S/C15H21N/c1-11(2)10-16-15-8-14(9-15)13-6-4-12(3)5-7-13/h4-7,14-16H,1,8-10H2,2-3H3. The second-order valence-electron chi connectivity index (χ2n) is 5.11. The minimum atomic E-state index is 0.697. The van der Waals surface area contributed by atoms with Crippen LogP contribution in [-0.4, -0.2) is 12.6 Å². The quantitative estimate of drug-likeness (QED) is 0.759. The average molecular weight is 215 g/mol. The van der Waals surface area contributed by atoms with E-state index in [2.05, 4.69) is 50.0 Å². The Labute approximate surface area is 98.6 Å². The first-order valence-corrected chi connectivity index (χ1v) is 6.09. The molecule has 0 saturated heterocycles. The molecular formula is C15H21N. The van der Waals surface area contributed by atoms with Crippen molar-refractivity contribution in [3.05, 3.63) is 47.5 Å². The molecule has 1 fully saturated rings. The van der Waals surface area contributed by atoms with Gasteiger partial charge in [-0.15, -0.1) is 0 Å². The third-order valence-electron chi connectivity index (χ3n) is 3.38. The second kappa shape index (κ2) is 4.84. The van der Waals surface area contributed by atoms with Crippen LogP contribution >= 0.6 is 0 Å². The van der Waals surface area contributed by atoms with Crippen LogP contribution < -0.4 is 5.32 Å². The van der Waals surface area contributed by atoms with Crippen LogP contribution in [-0.2, 0) is 0 Å². The van der Waals surface area contributed by atoms with E-state index >= 15 is 0 Å². The summed E-state index contributed by atoms with van der Waals surface area (Å²) in [6, 6.07) is 9.67. The highest BCUT2D eigenvalue weighted by atomic mass is 14.9. The zero-order valence-corrected chi connectivity index (χ0v) is 10.3. The molecule has 1 N–H and O–H groups in total. The minimum absolute atomic E-state index is 0.697. The fourth-order valence-electron chi connectivity index (χ4n) is 2.21. The summed E-state index contributed by atoms with van der Waals surface area (Å²) in [6.07, 6.45) is 2.55. The van der Waals surface area contributed by atoms with Gasteiger partial charge in [-0.1, -0.05) is 42.0 Å². The van der Waals surface area contributed by atoms with Gasteiger partial charge in [-0.2, -0.15) is 0 Å². The highest BCUT2D eigenvalue weighted by molar-refractivity contribution is 5.26. The Morgan fingerprint density at radius 3 is 2.50 bits per heavy atom. The molecule has 0 amide bonds. The number of hydrogen-bond donors (Lipinski definition) is 1. The number of aryl methyl sites for hydroxylation is 1. The summed E-state index contributed by atoms with van der Waals surface area (Å²) < 4.78 is 0. The molecule has 0 radical (unpaired) electrons. The summed E-state index contributed by atoms with van der Waals surface area (Å²) in [5, 5.41) is 3.53. The second-order valence-corrected chi connectivity index (χ2v) is 5.11. The molecule has 1 aromatic carbocycles. The van der Waals surface area contributed by atoms with E-state index in [1.54, 1.807) is 0 Å². The third kappa shape index (κ3) is 2.73. The Kier molecular flexibility index (Phi) is 3.45. The zero-order valence-electron chi connectivity index (χ0n) is 10.3. The van der Waals surface area contributed by atoms with Gasteiger partial charge in [0.25, 0.3) is 0 Å². The molecule has 0 heterocycles. The van der Waals surface area contributed by atoms with Crippen LogP contribution in [0.2, 0.25) is 0 Å². The predicted octanol–water partition coefficient (Wildman–Crippen LogP) is 3.41. The van der Waals surface area contributed by atoms with Crippen LogP contribution in [0.25, 0.3) is 0 Å². The topological polar surface area (TPSA) is 12.0 Å². The van der Waals surface area contributed by atoms with Crippen LogP contribution in [0.15, 0.2) is 36.4 Å². The Balaban J connectivity index is 1.79. The SMILES string of the molecule is C=C(C)CNC1CC(c2ccc(C)cc2)C1. The predicted molar refractivity (Wildman–Crippen MR) is 69.8 cm³/mol. The lowest BCUT2D eigenvalue weighted by atomic mass is 9.75. The molecule has 2 rings (SSSR count). The molecule has 16 heavy (non-hydrogen) atoms. The van der Waals surface area contributed by atoms with Crippen LogP contribution in [0.5, 0.6) is 0 Å². The maximum Gasteiger partial charge on any atom is 0.0161 e. The van der Waals surface area contributed by atoms with E-state index in [1.165, 1.54) is 29.5 Å². The maximum absolute atomic E-state index is 3.91. The van der Waals surface area contributed by atoms with Crippen LogP contribution in [0.1, 0.15) is 36.8 Å². The zero-order chi connectivity index (χ0) is 11.5. The van der Waals surface area contributed by atoms with E-state index in [0.29, 0.717) is 6.04 Å². The van der Waals surface area contributed by atoms with E-state index in [4.69, 9.17) is 0 Å². The first kappa shape index (κ1) is 11.4. The van der Waals surface area contributed by atoms with Crippen molar-refractivity contribution in [1.29, 1.82) is 0 Å². The van der Waals surface area contributed by atoms with Gasteiger partial charge < -0.3 is 5.32 Å². The summed E-state index contributed by atoms with van der Waals surface area (Å²) in [5.41, 5.74) is 4.07. The molecule has 0 aromatic heterocycles. The van der Waals surface area contributed by atoms with Crippen LogP contribution in [0.4, 0.5) is 0 Å². The van der Waals surface area contributed by atoms with Crippen LogP contribution in [0.3, 0.4) is 0 Å². The monoisotopic (exact) mass is 215 g/mol. The first-order chi connectivity index (χ1) is 7.65. The summed E-state index contributed by atoms with van der Waals surface area (Å²) in [4.78, 5) is 0. The molecule has 1 aliphatic carbocycles. The van der Waals surface area contributed by atoms with Crippen molar-refractivity contribution < 1.29 is 0 Å². The lowest BCUT2D eigenvalue weighted by Gasteiger charge is -2.36. The normalized spacial score (nSPS) is 23.9. The van der Waals surface area contributed by atoms with Gasteiger partial charge in [0.15, 0.2) is 0 Å². The fraction of sp³-hybridized carbons (Fsp3) is 0.467. The molecular weight excluding hydrogens is 194 g/mol. The van der Waals surface area contributed by atoms with E-state index < -0.39 is 0 Å². The molecule has 0 spiro atoms. The summed E-state index contributed by atoms with van der Waals surface area (Å²) in [6.45, 7) is 9.09. The Morgan fingerprint density at radius 2 is 1.94 bits per heavy atom. The van der Waals surface area contributed by atoms with E-state index in [9.17, 15) is 0 Å². The highest BCUT2D eigenvalue weighted by Crippen LogP contribution is 2.36. The molecule has 1 heteroatoms. The van der Waals surface area contributed by atoms with Crippen molar-refractivity contribution in [3.63, 3.8) is 0 Å². The van der Waals surface area contributed by atoms with Crippen LogP contribution in [0, 0.1) is 6.92 Å². The van der Waals surface area contributed by atoms with E-state index in [0.717, 1.165) is 12.5 Å². The summed E-state index contributed by atoms with van der Waals surface area (Å²) in [7, 11) is 0. The molecule has 0 aliphatic heterocycles. The number of benzene rings is 1. The summed E-state index contributed by atoms with van der Waals surface area (Å²) >= 11 is 0. The molecule has 1 saturated carbocycles. The van der Waals surface area contributed by atoms with Gasteiger partial charge in [0.2, 0.25) is 0 Å². The van der Waals surface area contributed by atoms with Crippen molar-refractivity contribution in [2.75, 3.05) is 6.54 Å². The lowest BCUT2D eigenvalue weighted by molar-refractivity contribution is 0.298. The molecule has 1 aromatic rings. The molecule has 1 nitrogen and oxygen atoms in total. The molecule has 0 atom stereocenters. The van der Waals surface area contributed by atoms with Crippen molar-refractivity contribution in [3.8, 4) is 0 Å². The van der Waals surface area contributed by atoms with Gasteiger partial charge in [-0.25, -0.2) is 0 Å². The van der Waals surface area contributed by atoms with Crippen molar-refractivity contribution in [1.82, 2.24) is 5.32 Å². The van der Waals surface area contributed by atoms with Crippen molar-refractivity contribution >= 4 is 0 Å². The van der Waals surface area contributed by atoms with Gasteiger partial charge in [-0.3, -0.25) is 0 Å². The first-order valence-electron chi connectivity index (χ1n) is 6.09. The third-order valence-corrected chi connectivity index (χ3v) is 3.38. The van der Waals surface area contributed by atoms with Gasteiger partial charge >= 0.3 is 0 Å². The van der Waals surface area contributed by atoms with Crippen molar-refractivity contribution in [2.24, 2.45) is 0 Å².